The second kappa shape index (κ2) is 7.50. The minimum Gasteiger partial charge on any atom is -0.325 e. The quantitative estimate of drug-likeness (QED) is 0.607. The van der Waals surface area contributed by atoms with Crippen molar-refractivity contribution in [2.75, 3.05) is 46.8 Å². The molecule has 4 rings (SSSR count). The Morgan fingerprint density at radius 3 is 1.92 bits per heavy atom. The molecule has 2 heteroatoms. The number of fused-ring (bicyclic) bond motifs is 2. The predicted molar refractivity (Wildman–Crippen MR) is 108 cm³/mol. The molecular formula is C23H45N2+. The highest BCUT2D eigenvalue weighted by atomic mass is 15.4. The Morgan fingerprint density at radius 2 is 1.44 bits per heavy atom. The first-order chi connectivity index (χ1) is 11.7. The van der Waals surface area contributed by atoms with Gasteiger partial charge >= 0.3 is 0 Å². The Morgan fingerprint density at radius 1 is 0.880 bits per heavy atom. The zero-order valence-corrected chi connectivity index (χ0v) is 18.2. The molecule has 1 heterocycles. The van der Waals surface area contributed by atoms with Crippen LogP contribution in [0.15, 0.2) is 0 Å². The van der Waals surface area contributed by atoms with Gasteiger partial charge in [0.1, 0.15) is 0 Å². The predicted octanol–water partition coefficient (Wildman–Crippen LogP) is 4.61. The Labute approximate surface area is 157 Å². The maximum atomic E-state index is 2.66. The standard InChI is InChI=1S/C23H45N2/c1-8-18-19-9-10-20(21(18)12-24(6)11-16(2)3)23-15-25(7,13-17(4)5)14-22(19)23/h16-23H,8-15H2,1-7H3/q+1. The highest BCUT2D eigenvalue weighted by Gasteiger charge is 2.59. The van der Waals surface area contributed by atoms with E-state index in [1.165, 1.54) is 56.5 Å². The van der Waals surface area contributed by atoms with Crippen molar-refractivity contribution in [2.24, 2.45) is 47.3 Å². The summed E-state index contributed by atoms with van der Waals surface area (Å²) in [7, 11) is 4.94. The van der Waals surface area contributed by atoms with Gasteiger partial charge in [-0.05, 0) is 49.5 Å². The van der Waals surface area contributed by atoms with Crippen LogP contribution < -0.4 is 0 Å². The number of likely N-dealkylation sites (tertiary alicyclic amines) is 1. The van der Waals surface area contributed by atoms with Crippen LogP contribution in [0, 0.1) is 47.3 Å². The van der Waals surface area contributed by atoms with Gasteiger partial charge in [0.15, 0.2) is 0 Å². The van der Waals surface area contributed by atoms with Crippen molar-refractivity contribution < 1.29 is 4.48 Å². The zero-order valence-electron chi connectivity index (χ0n) is 18.2. The first-order valence-electron chi connectivity index (χ1n) is 11.3. The Bertz CT molecular complexity index is 445. The van der Waals surface area contributed by atoms with Crippen molar-refractivity contribution in [1.29, 1.82) is 0 Å². The highest BCUT2D eigenvalue weighted by molar-refractivity contribution is 5.03. The molecule has 7 atom stereocenters. The number of hydrogen-bond donors (Lipinski definition) is 0. The van der Waals surface area contributed by atoms with E-state index in [9.17, 15) is 0 Å². The first kappa shape index (κ1) is 19.7. The van der Waals surface area contributed by atoms with Gasteiger partial charge in [-0.25, -0.2) is 0 Å². The fraction of sp³-hybridized carbons (Fsp3) is 1.00. The second-order valence-corrected chi connectivity index (χ2v) is 11.1. The summed E-state index contributed by atoms with van der Waals surface area (Å²) in [5, 5.41) is 0. The molecule has 7 unspecified atom stereocenters. The fourth-order valence-electron chi connectivity index (χ4n) is 7.74. The average molecular weight is 350 g/mol. The van der Waals surface area contributed by atoms with Gasteiger partial charge in [0, 0.05) is 30.8 Å². The Kier molecular flexibility index (Phi) is 5.91. The minimum atomic E-state index is 0.788. The van der Waals surface area contributed by atoms with Crippen LogP contribution in [0.4, 0.5) is 0 Å². The number of rotatable bonds is 7. The SMILES string of the molecule is CCC1C2CCC(C1CN(C)CC(C)C)C1C[N+](C)(CC(C)C)CC21. The number of hydrogen-bond acceptors (Lipinski definition) is 1. The average Bonchev–Trinajstić information content (AvgIpc) is 2.83. The summed E-state index contributed by atoms with van der Waals surface area (Å²) < 4.78 is 1.37. The number of nitrogens with zero attached hydrogens (tertiary/aromatic N) is 2. The molecule has 25 heavy (non-hydrogen) atoms. The van der Waals surface area contributed by atoms with E-state index in [4.69, 9.17) is 0 Å². The second-order valence-electron chi connectivity index (χ2n) is 11.1. The van der Waals surface area contributed by atoms with Crippen molar-refractivity contribution in [3.05, 3.63) is 0 Å². The van der Waals surface area contributed by atoms with Gasteiger partial charge in [-0.1, -0.05) is 41.0 Å². The Balaban J connectivity index is 1.76. The molecule has 2 bridgehead atoms. The molecule has 1 saturated heterocycles. The van der Waals surface area contributed by atoms with Crippen molar-refractivity contribution in [2.45, 2.75) is 53.9 Å². The summed E-state index contributed by atoms with van der Waals surface area (Å²) in [4.78, 5) is 2.66. The van der Waals surface area contributed by atoms with Crippen LogP contribution in [-0.2, 0) is 0 Å². The monoisotopic (exact) mass is 349 g/mol. The maximum absolute atomic E-state index is 2.66. The summed E-state index contributed by atoms with van der Waals surface area (Å²) in [5.74, 6) is 7.71. The van der Waals surface area contributed by atoms with Gasteiger partial charge in [0.25, 0.3) is 0 Å². The van der Waals surface area contributed by atoms with Gasteiger partial charge in [-0.2, -0.15) is 0 Å². The van der Waals surface area contributed by atoms with Crippen molar-refractivity contribution in [1.82, 2.24) is 4.90 Å². The van der Waals surface area contributed by atoms with Crippen molar-refractivity contribution >= 4 is 0 Å². The maximum Gasteiger partial charge on any atom is 0.0821 e. The summed E-state index contributed by atoms with van der Waals surface area (Å²) in [6.07, 6.45) is 4.49. The molecule has 0 radical (unpaired) electrons. The molecule has 4 aliphatic rings. The molecule has 0 spiro atoms. The molecule has 3 aliphatic carbocycles. The molecule has 2 nitrogen and oxygen atoms in total. The van der Waals surface area contributed by atoms with Crippen LogP contribution in [-0.4, -0.2) is 56.2 Å². The molecular weight excluding hydrogens is 304 g/mol. The summed E-state index contributed by atoms with van der Waals surface area (Å²) >= 11 is 0. The molecule has 0 aromatic heterocycles. The number of quaternary nitrogens is 1. The minimum absolute atomic E-state index is 0.788. The van der Waals surface area contributed by atoms with E-state index in [1.807, 2.05) is 0 Å². The first-order valence-corrected chi connectivity index (χ1v) is 11.3. The van der Waals surface area contributed by atoms with Crippen LogP contribution in [0.2, 0.25) is 0 Å². The molecule has 4 fully saturated rings. The molecule has 0 aromatic rings. The molecule has 0 amide bonds. The van der Waals surface area contributed by atoms with E-state index in [-0.39, 0.29) is 0 Å². The summed E-state index contributed by atoms with van der Waals surface area (Å²) in [6.45, 7) is 19.0. The topological polar surface area (TPSA) is 3.24 Å². The fourth-order valence-corrected chi connectivity index (χ4v) is 7.74. The van der Waals surface area contributed by atoms with Crippen LogP contribution in [0.5, 0.6) is 0 Å². The van der Waals surface area contributed by atoms with E-state index >= 15 is 0 Å². The van der Waals surface area contributed by atoms with Gasteiger partial charge in [-0.15, -0.1) is 0 Å². The van der Waals surface area contributed by atoms with Crippen molar-refractivity contribution in [3.63, 3.8) is 0 Å². The third-order valence-electron chi connectivity index (χ3n) is 7.91. The van der Waals surface area contributed by atoms with Gasteiger partial charge in [-0.3, -0.25) is 0 Å². The third-order valence-corrected chi connectivity index (χ3v) is 7.91. The lowest BCUT2D eigenvalue weighted by Gasteiger charge is -2.54. The summed E-state index contributed by atoms with van der Waals surface area (Å²) in [6, 6.07) is 0. The lowest BCUT2D eigenvalue weighted by Crippen LogP contribution is -2.53. The van der Waals surface area contributed by atoms with E-state index in [0.29, 0.717) is 0 Å². The largest absolute Gasteiger partial charge is 0.325 e. The molecule has 1 aliphatic heterocycles. The van der Waals surface area contributed by atoms with E-state index in [0.717, 1.165) is 47.3 Å². The normalized spacial score (nSPS) is 43.4. The van der Waals surface area contributed by atoms with Crippen LogP contribution in [0.1, 0.15) is 53.9 Å². The Hall–Kier alpha value is -0.0800. The molecule has 0 aromatic carbocycles. The molecule has 146 valence electrons. The highest BCUT2D eigenvalue weighted by Crippen LogP contribution is 2.59. The van der Waals surface area contributed by atoms with Gasteiger partial charge in [0.2, 0.25) is 0 Å². The van der Waals surface area contributed by atoms with E-state index in [1.54, 1.807) is 0 Å². The van der Waals surface area contributed by atoms with E-state index < -0.39 is 0 Å². The lowest BCUT2D eigenvalue weighted by atomic mass is 9.50. The molecule has 3 saturated carbocycles. The van der Waals surface area contributed by atoms with E-state index in [2.05, 4.69) is 53.6 Å². The van der Waals surface area contributed by atoms with Crippen molar-refractivity contribution in [3.8, 4) is 0 Å². The van der Waals surface area contributed by atoms with Gasteiger partial charge in [0.05, 0.1) is 26.7 Å². The van der Waals surface area contributed by atoms with Crippen LogP contribution in [0.25, 0.3) is 0 Å². The molecule has 0 N–H and O–H groups in total. The zero-order chi connectivity index (χ0) is 18.4. The lowest BCUT2D eigenvalue weighted by molar-refractivity contribution is -0.903. The summed E-state index contributed by atoms with van der Waals surface area (Å²) in [5.41, 5.74) is 0. The van der Waals surface area contributed by atoms with Gasteiger partial charge < -0.3 is 9.38 Å². The van der Waals surface area contributed by atoms with Crippen LogP contribution >= 0.6 is 0 Å². The third kappa shape index (κ3) is 3.95. The smallest absolute Gasteiger partial charge is 0.0821 e. The van der Waals surface area contributed by atoms with Crippen LogP contribution in [0.3, 0.4) is 0 Å².